The van der Waals surface area contributed by atoms with E-state index in [9.17, 15) is 26.7 Å². The number of fused-ring (bicyclic) bond motifs is 2. The van der Waals surface area contributed by atoms with Crippen molar-refractivity contribution in [3.05, 3.63) is 30.5 Å². The first-order valence-corrected chi connectivity index (χ1v) is 11.8. The van der Waals surface area contributed by atoms with E-state index in [1.54, 1.807) is 24.4 Å². The number of alkyl halides is 5. The lowest BCUT2D eigenvalue weighted by molar-refractivity contribution is -0.164. The number of aliphatic hydroxyl groups excluding tert-OH is 1. The quantitative estimate of drug-likeness (QED) is 0.349. The molecule has 1 saturated heterocycles. The van der Waals surface area contributed by atoms with Crippen LogP contribution in [0.2, 0.25) is 0 Å². The van der Waals surface area contributed by atoms with E-state index >= 15 is 0 Å². The van der Waals surface area contributed by atoms with Gasteiger partial charge in [0.2, 0.25) is 17.7 Å². The van der Waals surface area contributed by atoms with Crippen molar-refractivity contribution in [2.45, 2.75) is 37.5 Å². The van der Waals surface area contributed by atoms with Crippen LogP contribution in [0.1, 0.15) is 19.4 Å². The molecular formula is C23H23F5N8O3. The first-order valence-electron chi connectivity index (χ1n) is 11.8. The number of nitrogens with one attached hydrogen (secondary N) is 1. The number of amides is 1. The number of aliphatic hydroxyl groups is 1. The number of rotatable bonds is 6. The summed E-state index contributed by atoms with van der Waals surface area (Å²) in [4.78, 5) is 16.8. The normalized spacial score (nSPS) is 18.5. The summed E-state index contributed by atoms with van der Waals surface area (Å²) in [5.74, 6) is -4.21. The van der Waals surface area contributed by atoms with Gasteiger partial charge in [0, 0.05) is 18.3 Å². The summed E-state index contributed by atoms with van der Waals surface area (Å²) in [6, 6.07) is 3.07. The maximum Gasteiger partial charge on any atom is 0.410 e. The van der Waals surface area contributed by atoms with E-state index in [1.165, 1.54) is 17.7 Å². The van der Waals surface area contributed by atoms with Crippen LogP contribution in [-0.2, 0) is 4.79 Å². The van der Waals surface area contributed by atoms with E-state index in [0.29, 0.717) is 16.6 Å². The monoisotopic (exact) mass is 554 g/mol. The maximum atomic E-state index is 14.8. The van der Waals surface area contributed by atoms with Crippen molar-refractivity contribution in [1.82, 2.24) is 34.5 Å². The average Bonchev–Trinajstić information content (AvgIpc) is 3.51. The fraction of sp³-hybridized carbons (Fsp3) is 0.435. The predicted molar refractivity (Wildman–Crippen MR) is 127 cm³/mol. The van der Waals surface area contributed by atoms with Crippen LogP contribution in [0.15, 0.2) is 30.5 Å². The Kier molecular flexibility index (Phi) is 6.52. The van der Waals surface area contributed by atoms with Crippen molar-refractivity contribution in [3.63, 3.8) is 0 Å². The number of hydrogen-bond donors (Lipinski definition) is 2. The highest BCUT2D eigenvalue weighted by molar-refractivity contribution is 5.89. The van der Waals surface area contributed by atoms with E-state index in [2.05, 4.69) is 25.7 Å². The molecule has 0 bridgehead atoms. The fourth-order valence-corrected chi connectivity index (χ4v) is 4.54. The van der Waals surface area contributed by atoms with E-state index in [4.69, 9.17) is 9.84 Å². The molecule has 39 heavy (non-hydrogen) atoms. The molecule has 0 radical (unpaired) electrons. The van der Waals surface area contributed by atoms with Gasteiger partial charge in [-0.1, -0.05) is 11.3 Å². The van der Waals surface area contributed by atoms with Crippen molar-refractivity contribution in [2.24, 2.45) is 0 Å². The molecule has 208 valence electrons. The number of carbonyl (C=O) groups excluding carboxylic acids is 1. The first-order chi connectivity index (χ1) is 18.4. The number of methoxy groups -OCH3 is 1. The summed E-state index contributed by atoms with van der Waals surface area (Å²) in [6.45, 7) is -0.718. The Morgan fingerprint density at radius 1 is 1.31 bits per heavy atom. The molecule has 1 amide bonds. The van der Waals surface area contributed by atoms with E-state index in [0.717, 1.165) is 16.5 Å². The van der Waals surface area contributed by atoms with Crippen LogP contribution < -0.4 is 10.1 Å². The highest BCUT2D eigenvalue weighted by Gasteiger charge is 2.46. The highest BCUT2D eigenvalue weighted by Crippen LogP contribution is 2.36. The largest absolute Gasteiger partial charge is 0.479 e. The molecule has 3 aromatic heterocycles. The van der Waals surface area contributed by atoms with E-state index in [1.807, 2.05) is 0 Å². The SMILES string of the molecule is COc1nc(N[C@@H]2CCN(C(=O)CO)CC2(F)F)nn2ccc(-c3ccc4nnn([C@@H](C)C(F)(F)F)c4c3)c12. The third kappa shape index (κ3) is 4.79. The van der Waals surface area contributed by atoms with Crippen molar-refractivity contribution < 1.29 is 36.6 Å². The van der Waals surface area contributed by atoms with Crippen LogP contribution >= 0.6 is 0 Å². The van der Waals surface area contributed by atoms with Crippen LogP contribution in [0, 0.1) is 0 Å². The summed E-state index contributed by atoms with van der Waals surface area (Å²) in [7, 11) is 1.34. The van der Waals surface area contributed by atoms with Gasteiger partial charge in [-0.2, -0.15) is 18.2 Å². The van der Waals surface area contributed by atoms with Crippen LogP contribution in [0.3, 0.4) is 0 Å². The Bertz CT molecular complexity index is 1540. The lowest BCUT2D eigenvalue weighted by Crippen LogP contribution is -2.56. The van der Waals surface area contributed by atoms with E-state index in [-0.39, 0.29) is 35.8 Å². The van der Waals surface area contributed by atoms with Crippen LogP contribution in [0.4, 0.5) is 27.9 Å². The standard InChI is InChI=1S/C23H23F5N8O3/c1-12(23(26,27)28)36-16-9-13(3-4-15(16)31-33-36)14-5-8-35-19(14)20(39-2)30-21(32-35)29-17-6-7-34(18(38)10-37)11-22(17,24)25/h3-5,8-9,12,17,37H,6-7,10-11H2,1-2H3,(H,29,32)/t12-,17+/m0/s1. The van der Waals surface area contributed by atoms with Gasteiger partial charge in [-0.25, -0.2) is 18.0 Å². The molecule has 5 rings (SSSR count). The van der Waals surface area contributed by atoms with Crippen LogP contribution in [0.25, 0.3) is 27.7 Å². The molecule has 4 heterocycles. The fourth-order valence-electron chi connectivity index (χ4n) is 4.54. The molecule has 0 saturated carbocycles. The number of likely N-dealkylation sites (tertiary alicyclic amines) is 1. The molecule has 2 atom stereocenters. The Morgan fingerprint density at radius 2 is 2.08 bits per heavy atom. The van der Waals surface area contributed by atoms with E-state index < -0.39 is 43.2 Å². The lowest BCUT2D eigenvalue weighted by Gasteiger charge is -2.38. The second-order valence-electron chi connectivity index (χ2n) is 9.14. The number of halogens is 5. The molecule has 2 N–H and O–H groups in total. The minimum Gasteiger partial charge on any atom is -0.479 e. The van der Waals surface area contributed by atoms with Crippen LogP contribution in [0.5, 0.6) is 5.88 Å². The smallest absolute Gasteiger partial charge is 0.410 e. The molecule has 4 aromatic rings. The maximum absolute atomic E-state index is 14.8. The highest BCUT2D eigenvalue weighted by atomic mass is 19.4. The number of benzene rings is 1. The number of piperidine rings is 1. The second kappa shape index (κ2) is 9.59. The van der Waals surface area contributed by atoms with Gasteiger partial charge in [-0.05, 0) is 37.1 Å². The molecule has 0 spiro atoms. The molecule has 16 heteroatoms. The molecule has 1 aromatic carbocycles. The third-order valence-electron chi connectivity index (χ3n) is 6.69. The number of ether oxygens (including phenoxy) is 1. The van der Waals surface area contributed by atoms with Gasteiger partial charge >= 0.3 is 6.18 Å². The second-order valence-corrected chi connectivity index (χ2v) is 9.14. The molecule has 1 aliphatic heterocycles. The van der Waals surface area contributed by atoms with Gasteiger partial charge in [0.25, 0.3) is 5.92 Å². The molecule has 0 aliphatic carbocycles. The van der Waals surface area contributed by atoms with Gasteiger partial charge in [-0.15, -0.1) is 10.2 Å². The summed E-state index contributed by atoms with van der Waals surface area (Å²) in [5.41, 5.74) is 1.84. The predicted octanol–water partition coefficient (Wildman–Crippen LogP) is 2.91. The Hall–Kier alpha value is -4.08. The lowest BCUT2D eigenvalue weighted by atomic mass is 10.0. The summed E-state index contributed by atoms with van der Waals surface area (Å²) in [6.07, 6.45) is -3.10. The van der Waals surface area contributed by atoms with Gasteiger partial charge in [0.15, 0.2) is 0 Å². The number of anilines is 1. The average molecular weight is 554 g/mol. The zero-order chi connectivity index (χ0) is 28.1. The Labute approximate surface area is 217 Å². The molecule has 0 unspecified atom stereocenters. The van der Waals surface area contributed by atoms with Crippen molar-refractivity contribution in [1.29, 1.82) is 0 Å². The molecule has 1 fully saturated rings. The third-order valence-corrected chi connectivity index (χ3v) is 6.69. The minimum atomic E-state index is -4.53. The summed E-state index contributed by atoms with van der Waals surface area (Å²) < 4.78 is 77.1. The molecule has 11 nitrogen and oxygen atoms in total. The Balaban J connectivity index is 1.48. The summed E-state index contributed by atoms with van der Waals surface area (Å²) >= 11 is 0. The zero-order valence-corrected chi connectivity index (χ0v) is 20.7. The van der Waals surface area contributed by atoms with Crippen molar-refractivity contribution in [2.75, 3.05) is 32.1 Å². The number of nitrogens with zero attached hydrogens (tertiary/aromatic N) is 7. The Morgan fingerprint density at radius 3 is 2.74 bits per heavy atom. The van der Waals surface area contributed by atoms with Gasteiger partial charge in [0.1, 0.15) is 23.7 Å². The number of aromatic nitrogens is 6. The van der Waals surface area contributed by atoms with Crippen molar-refractivity contribution >= 4 is 28.4 Å². The van der Waals surface area contributed by atoms with Crippen molar-refractivity contribution in [3.8, 4) is 17.0 Å². The first kappa shape index (κ1) is 26.5. The molecular weight excluding hydrogens is 531 g/mol. The number of hydrogen-bond acceptors (Lipinski definition) is 8. The molecule has 1 aliphatic rings. The van der Waals surface area contributed by atoms with Crippen LogP contribution in [-0.4, -0.2) is 90.5 Å². The number of carbonyl (C=O) groups is 1. The zero-order valence-electron chi connectivity index (χ0n) is 20.7. The van der Waals surface area contributed by atoms with Gasteiger partial charge in [-0.3, -0.25) is 4.79 Å². The van der Waals surface area contributed by atoms with Gasteiger partial charge < -0.3 is 20.1 Å². The minimum absolute atomic E-state index is 0.0145. The topological polar surface area (TPSA) is 123 Å². The van der Waals surface area contributed by atoms with Gasteiger partial charge in [0.05, 0.1) is 25.2 Å². The summed E-state index contributed by atoms with van der Waals surface area (Å²) in [5, 5.41) is 23.4.